The second-order valence-electron chi connectivity index (χ2n) is 8.73. The number of anilines is 2. The van der Waals surface area contributed by atoms with Gasteiger partial charge < -0.3 is 15.4 Å². The van der Waals surface area contributed by atoms with Crippen molar-refractivity contribution in [2.75, 3.05) is 36.9 Å². The number of nitrogen functional groups attached to an aromatic ring is 1. The van der Waals surface area contributed by atoms with Crippen LogP contribution in [0.5, 0.6) is 0 Å². The zero-order chi connectivity index (χ0) is 22.8. The summed E-state index contributed by atoms with van der Waals surface area (Å²) in [6.07, 6.45) is 4.12. The molecule has 1 fully saturated rings. The molecule has 33 heavy (non-hydrogen) atoms. The van der Waals surface area contributed by atoms with Crippen LogP contribution < -0.4 is 10.6 Å². The third-order valence-electron chi connectivity index (χ3n) is 6.28. The molecule has 0 atom stereocenters. The van der Waals surface area contributed by atoms with Crippen molar-refractivity contribution < 1.29 is 9.53 Å². The van der Waals surface area contributed by atoms with Crippen LogP contribution in [-0.2, 0) is 11.2 Å². The van der Waals surface area contributed by atoms with Gasteiger partial charge in [-0.2, -0.15) is 0 Å². The summed E-state index contributed by atoms with van der Waals surface area (Å²) < 4.78 is 5.51. The number of nitrogens with two attached hydrogens (primary N) is 1. The molecule has 3 aromatic rings. The minimum absolute atomic E-state index is 0.142. The van der Waals surface area contributed by atoms with Crippen LogP contribution in [0.3, 0.4) is 0 Å². The highest BCUT2D eigenvalue weighted by molar-refractivity contribution is 5.98. The smallest absolute Gasteiger partial charge is 0.226 e. The highest BCUT2D eigenvalue weighted by Gasteiger charge is 2.23. The topological polar surface area (TPSA) is 81.3 Å². The van der Waals surface area contributed by atoms with Gasteiger partial charge >= 0.3 is 0 Å². The Morgan fingerprint density at radius 2 is 1.85 bits per heavy atom. The Morgan fingerprint density at radius 1 is 1.06 bits per heavy atom. The summed E-state index contributed by atoms with van der Waals surface area (Å²) in [6, 6.07) is 15.6. The number of Topliss-reactive ketones (excluding diaryl/α,β-unsaturated/α-hetero) is 1. The molecule has 1 aliphatic carbocycles. The molecule has 0 radical (unpaired) electrons. The fourth-order valence-electron chi connectivity index (χ4n) is 4.42. The van der Waals surface area contributed by atoms with E-state index in [1.807, 2.05) is 55.5 Å². The molecule has 168 valence electrons. The number of fused-ring (bicyclic) bond motifs is 1. The number of carbonyl (C=O) groups excluding carboxylic acids is 1. The van der Waals surface area contributed by atoms with Gasteiger partial charge in [-0.05, 0) is 38.0 Å². The maximum absolute atomic E-state index is 12.9. The third-order valence-corrected chi connectivity index (χ3v) is 6.28. The summed E-state index contributed by atoms with van der Waals surface area (Å²) in [5.41, 5.74) is 13.7. The summed E-state index contributed by atoms with van der Waals surface area (Å²) in [7, 11) is 0. The summed E-state index contributed by atoms with van der Waals surface area (Å²) in [5.74, 6) is 0.847. The Balaban J connectivity index is 1.51. The first-order chi connectivity index (χ1) is 16.1. The average Bonchev–Trinajstić information content (AvgIpc) is 2.84. The zero-order valence-electron chi connectivity index (χ0n) is 18.9. The van der Waals surface area contributed by atoms with E-state index < -0.39 is 0 Å². The molecular weight excluding hydrogens is 412 g/mol. The zero-order valence-corrected chi connectivity index (χ0v) is 18.9. The number of ketones is 1. The van der Waals surface area contributed by atoms with Gasteiger partial charge in [0, 0.05) is 41.9 Å². The number of nitrogens with zero attached hydrogens (tertiary/aromatic N) is 3. The van der Waals surface area contributed by atoms with Crippen LogP contribution in [-0.4, -0.2) is 42.1 Å². The van der Waals surface area contributed by atoms with E-state index in [0.29, 0.717) is 31.3 Å². The van der Waals surface area contributed by atoms with Crippen molar-refractivity contribution in [3.05, 3.63) is 76.5 Å². The number of rotatable bonds is 5. The van der Waals surface area contributed by atoms with E-state index in [0.717, 1.165) is 65.1 Å². The molecular formula is C27H28N4O2. The molecule has 1 aromatic heterocycles. The van der Waals surface area contributed by atoms with Gasteiger partial charge in [-0.1, -0.05) is 47.5 Å². The summed E-state index contributed by atoms with van der Waals surface area (Å²) in [4.78, 5) is 24.9. The predicted octanol–water partition coefficient (Wildman–Crippen LogP) is 4.47. The van der Waals surface area contributed by atoms with Crippen LogP contribution in [0.25, 0.3) is 17.3 Å². The van der Waals surface area contributed by atoms with Crippen LogP contribution in [0.15, 0.2) is 54.1 Å². The molecule has 6 heteroatoms. The van der Waals surface area contributed by atoms with Crippen LogP contribution >= 0.6 is 0 Å². The van der Waals surface area contributed by atoms with E-state index in [2.05, 4.69) is 11.0 Å². The van der Waals surface area contributed by atoms with Gasteiger partial charge in [-0.3, -0.25) is 4.79 Å². The minimum atomic E-state index is 0.142. The maximum atomic E-state index is 12.9. The number of allylic oxidation sites excluding steroid dienone is 1. The van der Waals surface area contributed by atoms with Gasteiger partial charge in [-0.15, -0.1) is 0 Å². The molecule has 2 N–H and O–H groups in total. The second-order valence-corrected chi connectivity index (χ2v) is 8.73. The Kier molecular flexibility index (Phi) is 5.92. The number of hydrogen-bond acceptors (Lipinski definition) is 6. The summed E-state index contributed by atoms with van der Waals surface area (Å²) >= 11 is 0. The first kappa shape index (κ1) is 21.3. The number of morpholine rings is 1. The molecule has 1 saturated heterocycles. The number of carbonyl (C=O) groups is 1. The quantitative estimate of drug-likeness (QED) is 0.466. The second kappa shape index (κ2) is 9.16. The van der Waals surface area contributed by atoms with Crippen molar-refractivity contribution in [3.63, 3.8) is 0 Å². The van der Waals surface area contributed by atoms with Crippen molar-refractivity contribution in [2.45, 2.75) is 26.2 Å². The van der Waals surface area contributed by atoms with Gasteiger partial charge in [0.05, 0.1) is 24.6 Å². The fourth-order valence-corrected chi connectivity index (χ4v) is 4.42. The molecule has 0 saturated carbocycles. The Morgan fingerprint density at radius 3 is 2.61 bits per heavy atom. The lowest BCUT2D eigenvalue weighted by atomic mass is 9.89. The molecule has 2 aliphatic rings. The van der Waals surface area contributed by atoms with Crippen LogP contribution in [0.1, 0.15) is 40.0 Å². The van der Waals surface area contributed by atoms with Crippen molar-refractivity contribution in [3.8, 4) is 11.3 Å². The Labute approximate surface area is 194 Å². The molecule has 0 spiro atoms. The molecule has 0 bridgehead atoms. The number of benzene rings is 2. The number of hydrogen-bond donors (Lipinski definition) is 1. The molecule has 2 aromatic carbocycles. The molecule has 6 nitrogen and oxygen atoms in total. The van der Waals surface area contributed by atoms with E-state index in [1.165, 1.54) is 0 Å². The number of aromatic nitrogens is 2. The Bertz CT molecular complexity index is 1210. The van der Waals surface area contributed by atoms with Crippen molar-refractivity contribution in [2.24, 2.45) is 0 Å². The van der Waals surface area contributed by atoms with Gasteiger partial charge in [0.1, 0.15) is 0 Å². The van der Waals surface area contributed by atoms with E-state index in [4.69, 9.17) is 20.4 Å². The number of ether oxygens (including phenoxy) is 1. The van der Waals surface area contributed by atoms with Crippen molar-refractivity contribution in [1.29, 1.82) is 0 Å². The van der Waals surface area contributed by atoms with E-state index >= 15 is 0 Å². The van der Waals surface area contributed by atoms with Crippen molar-refractivity contribution in [1.82, 2.24) is 9.97 Å². The lowest BCUT2D eigenvalue weighted by Crippen LogP contribution is -2.37. The number of aryl methyl sites for hydroxylation is 1. The minimum Gasteiger partial charge on any atom is -0.399 e. The molecule has 0 unspecified atom stereocenters. The van der Waals surface area contributed by atoms with Gasteiger partial charge in [0.15, 0.2) is 5.78 Å². The first-order valence-corrected chi connectivity index (χ1v) is 11.5. The molecule has 2 heterocycles. The third kappa shape index (κ3) is 4.66. The predicted molar refractivity (Wildman–Crippen MR) is 131 cm³/mol. The van der Waals surface area contributed by atoms with Gasteiger partial charge in [0.2, 0.25) is 5.95 Å². The first-order valence-electron chi connectivity index (χ1n) is 11.5. The summed E-state index contributed by atoms with van der Waals surface area (Å²) in [5, 5.41) is 0. The monoisotopic (exact) mass is 440 g/mol. The SMILES string of the molecule is Cc1ccc(C(=O)CC2=Cc3nc(N4CCOCC4)nc(-c4cccc(N)c4)c3CC2)cc1. The maximum Gasteiger partial charge on any atom is 0.226 e. The highest BCUT2D eigenvalue weighted by Crippen LogP contribution is 2.34. The van der Waals surface area contributed by atoms with Gasteiger partial charge in [-0.25, -0.2) is 9.97 Å². The molecule has 1 aliphatic heterocycles. The fraction of sp³-hybridized carbons (Fsp3) is 0.296. The van der Waals surface area contributed by atoms with Gasteiger partial charge in [0.25, 0.3) is 0 Å². The standard InChI is InChI=1S/C27H28N4O2/c1-18-5-8-20(9-6-18)25(32)16-19-7-10-23-24(15-19)29-27(31-11-13-33-14-12-31)30-26(23)21-3-2-4-22(28)17-21/h2-6,8-9,15,17H,7,10-14,16,28H2,1H3. The van der Waals surface area contributed by atoms with E-state index in [9.17, 15) is 4.79 Å². The lowest BCUT2D eigenvalue weighted by Gasteiger charge is -2.28. The van der Waals surface area contributed by atoms with Crippen LogP contribution in [0, 0.1) is 6.92 Å². The average molecular weight is 441 g/mol. The summed E-state index contributed by atoms with van der Waals surface area (Å²) in [6.45, 7) is 4.88. The van der Waals surface area contributed by atoms with Crippen LogP contribution in [0.2, 0.25) is 0 Å². The van der Waals surface area contributed by atoms with Crippen LogP contribution in [0.4, 0.5) is 11.6 Å². The highest BCUT2D eigenvalue weighted by atomic mass is 16.5. The normalized spacial score (nSPS) is 15.7. The largest absolute Gasteiger partial charge is 0.399 e. The Hall–Kier alpha value is -3.51. The lowest BCUT2D eigenvalue weighted by molar-refractivity contribution is 0.0992. The van der Waals surface area contributed by atoms with Crippen molar-refractivity contribution >= 4 is 23.5 Å². The molecule has 0 amide bonds. The van der Waals surface area contributed by atoms with E-state index in [1.54, 1.807) is 0 Å². The molecule has 5 rings (SSSR count). The van der Waals surface area contributed by atoms with E-state index in [-0.39, 0.29) is 5.78 Å².